The van der Waals surface area contributed by atoms with Crippen LogP contribution in [0.1, 0.15) is 183 Å². The van der Waals surface area contributed by atoms with Gasteiger partial charge in [0.2, 0.25) is 70.9 Å². The number of alkyl halides is 6. The van der Waals surface area contributed by atoms with Crippen LogP contribution in [0.3, 0.4) is 0 Å². The summed E-state index contributed by atoms with van der Waals surface area (Å²) in [6, 6.07) is -10.7. The third-order valence-corrected chi connectivity index (χ3v) is 23.5. The Morgan fingerprint density at radius 1 is 0.629 bits per heavy atom. The fourth-order valence-corrected chi connectivity index (χ4v) is 16.8. The van der Waals surface area contributed by atoms with Gasteiger partial charge in [-0.1, -0.05) is 86.3 Å². The predicted molar refractivity (Wildman–Crippen MR) is 378 cm³/mol. The summed E-state index contributed by atoms with van der Waals surface area (Å²) in [5.74, 6) is -14.2. The number of hydrogen-bond acceptors (Lipinski definition) is 13. The molecule has 0 aromatic carbocycles. The van der Waals surface area contributed by atoms with Crippen LogP contribution in [0.15, 0.2) is 12.2 Å². The number of methoxy groups -OCH3 is 1. The lowest BCUT2D eigenvalue weighted by molar-refractivity contribution is -0.215. The molecule has 3 heterocycles. The first-order chi connectivity index (χ1) is 49.0. The second-order valence-electron chi connectivity index (χ2n) is 31.7. The van der Waals surface area contributed by atoms with Crippen molar-refractivity contribution in [3.63, 3.8) is 0 Å². The molecule has 2 bridgehead atoms. The Kier molecular flexibility index (Phi) is 30.3. The number of hydrogen-bond donors (Lipinski definition) is 3. The van der Waals surface area contributed by atoms with Gasteiger partial charge in [0.25, 0.3) is 0 Å². The van der Waals surface area contributed by atoms with E-state index in [1.54, 1.807) is 32.9 Å². The van der Waals surface area contributed by atoms with Gasteiger partial charge in [-0.2, -0.15) is 26.3 Å². The predicted octanol–water partition coefficient (Wildman–Crippen LogP) is 6.31. The van der Waals surface area contributed by atoms with Crippen molar-refractivity contribution in [3.8, 4) is 0 Å². The Bertz CT molecular complexity index is 3130. The van der Waals surface area contributed by atoms with E-state index >= 15 is 24.0 Å². The molecule has 2 saturated heterocycles. The molecule has 3 aliphatic heterocycles. The highest BCUT2D eigenvalue weighted by atomic mass is 19.4. The summed E-state index contributed by atoms with van der Waals surface area (Å²) in [5, 5.41) is 8.59. The van der Waals surface area contributed by atoms with E-state index in [0.717, 1.165) is 24.5 Å². The quantitative estimate of drug-likeness (QED) is 0.127. The van der Waals surface area contributed by atoms with E-state index < -0.39 is 204 Å². The van der Waals surface area contributed by atoms with Gasteiger partial charge in [0.1, 0.15) is 53.9 Å². The van der Waals surface area contributed by atoms with Crippen LogP contribution in [0.5, 0.6) is 0 Å². The van der Waals surface area contributed by atoms with Crippen LogP contribution in [0, 0.1) is 40.9 Å². The van der Waals surface area contributed by atoms with Crippen molar-refractivity contribution in [2.24, 2.45) is 40.9 Å². The Balaban J connectivity index is 1.46. The van der Waals surface area contributed by atoms with Crippen LogP contribution in [-0.2, 0) is 62.3 Å². The molecule has 6 aliphatic rings. The van der Waals surface area contributed by atoms with E-state index in [1.165, 1.54) is 83.1 Å². The van der Waals surface area contributed by atoms with Crippen LogP contribution in [0.25, 0.3) is 0 Å². The average molecular weight is 1500 g/mol. The number of nitrogens with zero attached hydrogens (tertiary/aromatic N) is 9. The second kappa shape index (κ2) is 36.7. The monoisotopic (exact) mass is 1500 g/mol. The van der Waals surface area contributed by atoms with Crippen LogP contribution in [0.4, 0.5) is 26.3 Å². The first-order valence-electron chi connectivity index (χ1n) is 37.6. The summed E-state index contributed by atoms with van der Waals surface area (Å²) in [7, 11) is 12.2. The molecule has 3 saturated carbocycles. The first-order valence-corrected chi connectivity index (χ1v) is 37.6. The van der Waals surface area contributed by atoms with Gasteiger partial charge in [0.05, 0.1) is 37.5 Å². The summed E-state index contributed by atoms with van der Waals surface area (Å²) in [6.45, 7) is 11.2. The van der Waals surface area contributed by atoms with Crippen molar-refractivity contribution in [2.45, 2.75) is 256 Å². The lowest BCUT2D eigenvalue weighted by Gasteiger charge is -2.55. The van der Waals surface area contributed by atoms with Crippen molar-refractivity contribution in [2.75, 3.05) is 89.7 Å². The van der Waals surface area contributed by atoms with Gasteiger partial charge in [0, 0.05) is 76.6 Å². The summed E-state index contributed by atoms with van der Waals surface area (Å²) in [5.41, 5.74) is -2.19. The number of amides is 12. The molecule has 6 rings (SSSR count). The molecule has 12 amide bonds. The van der Waals surface area contributed by atoms with E-state index in [2.05, 4.69) is 16.0 Å². The number of fused-ring (bicyclic) bond motifs is 3. The summed E-state index contributed by atoms with van der Waals surface area (Å²) in [6.07, 6.45) is -6.30. The molecule has 31 heteroatoms. The van der Waals surface area contributed by atoms with Crippen molar-refractivity contribution < 1.29 is 88.6 Å². The lowest BCUT2D eigenvalue weighted by atomic mass is 9.58. The molecule has 3 unspecified atom stereocenters. The summed E-state index contributed by atoms with van der Waals surface area (Å²) < 4.78 is 90.3. The van der Waals surface area contributed by atoms with Gasteiger partial charge in [-0.05, 0) is 132 Å². The Morgan fingerprint density at radius 3 is 1.79 bits per heavy atom. The zero-order chi connectivity index (χ0) is 78.7. The van der Waals surface area contributed by atoms with Crippen LogP contribution in [-0.4, -0.2) is 277 Å². The van der Waals surface area contributed by atoms with E-state index in [1.807, 2.05) is 27.7 Å². The molecule has 105 heavy (non-hydrogen) atoms. The molecule has 3 aliphatic carbocycles. The zero-order valence-corrected chi connectivity index (χ0v) is 64.6. The fraction of sp³-hybridized carbons (Fsp3) is 0.811. The number of rotatable bonds is 14. The minimum atomic E-state index is -4.55. The van der Waals surface area contributed by atoms with Gasteiger partial charge in [0.15, 0.2) is 0 Å². The highest BCUT2D eigenvalue weighted by Crippen LogP contribution is 2.50. The molecule has 0 aromatic heterocycles. The van der Waals surface area contributed by atoms with Gasteiger partial charge in [-0.15, -0.1) is 0 Å². The first kappa shape index (κ1) is 86.8. The average Bonchev–Trinajstić information content (AvgIpc) is 0.729. The number of ether oxygens (including phenoxy) is 1. The van der Waals surface area contributed by atoms with Crippen molar-refractivity contribution >= 4 is 70.9 Å². The normalized spacial score (nSPS) is 30.6. The standard InChI is InChI=1S/C74H118F6N12O13/c1-17-24-51-62(96)82-60(44(5)18-2)68(102)86(11)41-59(95)88(13)53-25-22-21-23-35-91(67(53)101)55(37-45-26-30-48(31-27-45)73(75,76)77)66(100)85(10)40-57(93)81-50(33-29-46-28-32-49(74(78,79)80)56(38-46)105-16)64(98)92-36-34-52(92)63(97)83-72(42-71(6,7)43-72)70(104)90(15)61(47(19-3)20-4)69(103)89(14)54(65(99)84(8)9)39-58(94)87(51)12/h21-22,44-56,60-61H,17-20,23-43H2,1-16H3,(H,81,93)(H,82,96)(H,83,97)/b22-21-/t44-,45?,46?,48?,49?,50-,51-,52-,53-,54-,55-,56?,60-,61-/m0/s1. The maximum atomic E-state index is 15.6. The minimum absolute atomic E-state index is 0.00738. The highest BCUT2D eigenvalue weighted by Gasteiger charge is 2.59. The third kappa shape index (κ3) is 21.0. The molecular formula is C74H118F6N12O13. The topological polar surface area (TPSA) is 279 Å². The molecular weight excluding hydrogens is 1380 g/mol. The molecule has 594 valence electrons. The maximum absolute atomic E-state index is 15.6. The largest absolute Gasteiger partial charge is 0.394 e. The van der Waals surface area contributed by atoms with Crippen molar-refractivity contribution in [1.82, 2.24) is 60.0 Å². The lowest BCUT2D eigenvalue weighted by Crippen LogP contribution is -2.73. The summed E-state index contributed by atoms with van der Waals surface area (Å²) in [4.78, 5) is 190. The SMILES string of the molecule is CCC[C@H]1C(=O)N[C@@H]([C@@H](C)CC)C(=O)N(C)CC(=O)N(C)[C@H]2C/C=C\CCN(C2=O)[C@@H](CC2CCC(C(F)(F)F)CC2)C(=O)N(C)CC(=O)N[C@@H](CCC2CCC(C(F)(F)F)C(OC)C2)C(=O)N2CC[C@H]2C(=O)NC2(CC(C)(C)C2)C(=O)N(C)[C@@H](C(CC)CC)C(=O)N(C)[C@H](C(=O)N(C)C)CC(=O)N1C. The number of halogens is 6. The van der Waals surface area contributed by atoms with E-state index in [9.17, 15) is 59.9 Å². The number of carbonyl (C=O) groups is 12. The maximum Gasteiger partial charge on any atom is 0.394 e. The van der Waals surface area contributed by atoms with Crippen molar-refractivity contribution in [1.29, 1.82) is 0 Å². The minimum Gasteiger partial charge on any atom is -0.381 e. The van der Waals surface area contributed by atoms with E-state index in [4.69, 9.17) is 4.74 Å². The number of carbonyl (C=O) groups excluding carboxylic acids is 12. The molecule has 1 spiro atoms. The van der Waals surface area contributed by atoms with Gasteiger partial charge in [-0.25, -0.2) is 0 Å². The van der Waals surface area contributed by atoms with E-state index in [-0.39, 0.29) is 116 Å². The zero-order valence-electron chi connectivity index (χ0n) is 64.6. The molecule has 25 nitrogen and oxygen atoms in total. The van der Waals surface area contributed by atoms with Crippen molar-refractivity contribution in [3.05, 3.63) is 12.2 Å². The summed E-state index contributed by atoms with van der Waals surface area (Å²) >= 11 is 0. The molecule has 0 radical (unpaired) electrons. The Hall–Kier alpha value is -7.08. The number of likely N-dealkylation sites (N-methyl/N-ethyl adjacent to an activating group) is 7. The Labute approximate surface area is 615 Å². The Morgan fingerprint density at radius 2 is 1.25 bits per heavy atom. The molecule has 5 fully saturated rings. The third-order valence-electron chi connectivity index (χ3n) is 23.5. The number of nitrogens with one attached hydrogen (secondary N) is 3. The van der Waals surface area contributed by atoms with Crippen LogP contribution >= 0.6 is 0 Å². The van der Waals surface area contributed by atoms with E-state index in [0.29, 0.717) is 25.7 Å². The highest BCUT2D eigenvalue weighted by molar-refractivity contribution is 6.01. The molecule has 3 N–H and O–H groups in total. The van der Waals surface area contributed by atoms with Gasteiger partial charge >= 0.3 is 12.4 Å². The van der Waals surface area contributed by atoms with Gasteiger partial charge < -0.3 is 64.8 Å². The second-order valence-corrected chi connectivity index (χ2v) is 31.7. The smallest absolute Gasteiger partial charge is 0.381 e. The molecule has 0 aromatic rings. The molecule has 12 atom stereocenters. The fourth-order valence-electron chi connectivity index (χ4n) is 16.8. The van der Waals surface area contributed by atoms with Gasteiger partial charge in [-0.3, -0.25) is 57.5 Å². The van der Waals surface area contributed by atoms with Crippen LogP contribution in [0.2, 0.25) is 0 Å². The van der Waals surface area contributed by atoms with Crippen LogP contribution < -0.4 is 16.0 Å².